The third kappa shape index (κ3) is 25.6. The molecule has 124 heavy (non-hydrogen) atoms. The maximum atomic E-state index is 13.8. The number of nitrogens with one attached hydrogen (secondary N) is 8. The van der Waals surface area contributed by atoms with E-state index in [1.165, 1.54) is 57.1 Å². The summed E-state index contributed by atoms with van der Waals surface area (Å²) in [6, 6.07) is 20.6. The normalized spacial score (nSPS) is 22.8. The standard InChI is InChI=1S/C25H30N4O2.C22H28FN7O2.C21H26F2N6O2.C20H23F3N6O/c1-4-16-15-27-24(29-23(16)28-18-9-10-22(31)25(2,3)14-18)26-12-11-20-19-8-6-5-7-17(19)13-21(20)30;1-20(2,23)13-32-18-16(10-25-14-28-18)12-27-19-26-11-15(9-24)17(29-19)30-21-3-6-22(31,7-4-21)8-5-21;1-13-5-6-16(8-17(13)30)28-18-15(9-24)11-27-20(29-18)26-10-14-4-3-7-25-19(14)31-12-21(2,22)23;1-19(2)8-14(5-6-15(19)30)28-17-13(9-24)11-27-18(29-17)26-10-12-4-3-7-25-16(12)20(21,22)23/h1,5-8,15,18,20,22,31H,9-14H2,2-3H3,(H2,26,27,28,29);10-11,14,31H,3-8,12-13H2,1-2H3,(H2,26,27,29,30);3-4,7,11,13,16-17,30H,5-6,8,10,12H2,1-2H3,(H2,26,27,28,29);3-4,7,11,14-15,30H,5-6,8,10H2,1-2H3,(H2,26,27,28,29)/t18-,20?,22-;;13-,16-,17-;14-,15-/m1.11/s1. The number of aromatic nitrogens is 12. The zero-order chi connectivity index (χ0) is 89.2. The summed E-state index contributed by atoms with van der Waals surface area (Å²) in [6.07, 6.45) is 24.2. The Bertz CT molecular complexity index is 5140. The molecule has 0 radical (unpaired) electrons. The van der Waals surface area contributed by atoms with Gasteiger partial charge in [-0.25, -0.2) is 48.1 Å². The van der Waals surface area contributed by atoms with Crippen LogP contribution < -0.4 is 52.0 Å². The van der Waals surface area contributed by atoms with Crippen molar-refractivity contribution < 1.29 is 61.0 Å². The molecule has 1 aromatic carbocycles. The molecule has 36 heteroatoms. The Balaban J connectivity index is 0.000000161. The second kappa shape index (κ2) is 40.6. The van der Waals surface area contributed by atoms with Crippen LogP contribution in [-0.2, 0) is 37.0 Å². The molecule has 7 aromatic heterocycles. The highest BCUT2D eigenvalue weighted by molar-refractivity contribution is 5.92. The summed E-state index contributed by atoms with van der Waals surface area (Å²) >= 11 is 0. The number of fused-ring (bicyclic) bond motifs is 4. The topological polar surface area (TPSA) is 439 Å². The van der Waals surface area contributed by atoms with E-state index in [2.05, 4.69) is 134 Å². The van der Waals surface area contributed by atoms with Crippen LogP contribution in [0, 0.1) is 63.1 Å². The lowest BCUT2D eigenvalue weighted by Crippen LogP contribution is -2.54. The van der Waals surface area contributed by atoms with Gasteiger partial charge in [-0.15, -0.1) is 6.42 Å². The monoisotopic (exact) mass is 1710 g/mol. The van der Waals surface area contributed by atoms with E-state index in [1.54, 1.807) is 24.5 Å². The summed E-state index contributed by atoms with van der Waals surface area (Å²) in [4.78, 5) is 62.5. The Hall–Kier alpha value is -12.0. The first-order valence-corrected chi connectivity index (χ1v) is 41.5. The number of rotatable bonds is 27. The molecule has 658 valence electrons. The number of Topliss-reactive ketones (excluding diaryl/α,β-unsaturated/α-hetero) is 1. The van der Waals surface area contributed by atoms with Crippen molar-refractivity contribution in [2.45, 2.75) is 255 Å². The van der Waals surface area contributed by atoms with Gasteiger partial charge in [0.05, 0.1) is 59.8 Å². The van der Waals surface area contributed by atoms with E-state index < -0.39 is 47.9 Å². The largest absolute Gasteiger partial charge is 0.474 e. The van der Waals surface area contributed by atoms with E-state index in [1.807, 2.05) is 51.1 Å². The van der Waals surface area contributed by atoms with Crippen LogP contribution in [0.3, 0.4) is 0 Å². The summed E-state index contributed by atoms with van der Waals surface area (Å²) in [7, 11) is 0. The molecule has 6 fully saturated rings. The zero-order valence-electron chi connectivity index (χ0n) is 70.7. The molecule has 1 unspecified atom stereocenters. The lowest BCUT2D eigenvalue weighted by Gasteiger charge is -2.51. The van der Waals surface area contributed by atoms with Crippen LogP contribution in [0.2, 0.25) is 0 Å². The number of benzene rings is 1. The number of hydrogen-bond donors (Lipinski definition) is 12. The number of nitriles is 3. The highest BCUT2D eigenvalue weighted by atomic mass is 19.4. The number of aliphatic hydroxyl groups excluding tert-OH is 3. The van der Waals surface area contributed by atoms with Crippen molar-refractivity contribution >= 4 is 52.8 Å². The predicted octanol–water partition coefficient (Wildman–Crippen LogP) is 13.7. The van der Waals surface area contributed by atoms with Crippen molar-refractivity contribution in [3.8, 4) is 42.3 Å². The number of ketones is 1. The van der Waals surface area contributed by atoms with Gasteiger partial charge in [0.2, 0.25) is 35.6 Å². The van der Waals surface area contributed by atoms with Crippen molar-refractivity contribution in [2.24, 2.45) is 16.7 Å². The maximum Gasteiger partial charge on any atom is 0.433 e. The Labute approximate surface area is 717 Å². The molecule has 7 aliphatic carbocycles. The minimum absolute atomic E-state index is 0.00778. The van der Waals surface area contributed by atoms with E-state index in [0.29, 0.717) is 114 Å². The van der Waals surface area contributed by atoms with Crippen molar-refractivity contribution in [3.63, 3.8) is 0 Å². The van der Waals surface area contributed by atoms with Crippen molar-refractivity contribution in [2.75, 3.05) is 62.3 Å². The quantitative estimate of drug-likeness (QED) is 0.0168. The van der Waals surface area contributed by atoms with Gasteiger partial charge in [-0.1, -0.05) is 76.9 Å². The number of nitrogens with zero attached hydrogens (tertiary/aromatic N) is 15. The highest BCUT2D eigenvalue weighted by Crippen LogP contribution is 2.49. The molecule has 8 aromatic rings. The molecule has 6 saturated carbocycles. The number of halogens is 6. The Morgan fingerprint density at radius 3 is 1.58 bits per heavy atom. The van der Waals surface area contributed by atoms with Crippen LogP contribution in [0.5, 0.6) is 11.8 Å². The fraction of sp³-hybridized carbons (Fsp3) is 0.523. The molecule has 0 aliphatic heterocycles. The summed E-state index contributed by atoms with van der Waals surface area (Å²) in [6.45, 7) is 13.8. The predicted molar refractivity (Wildman–Crippen MR) is 453 cm³/mol. The summed E-state index contributed by atoms with van der Waals surface area (Å²) < 4.78 is 90.0. The number of carbonyl (C=O) groups excluding carboxylic acids is 1. The number of terminal acetylenes is 1. The second-order valence-corrected chi connectivity index (χ2v) is 34.8. The fourth-order valence-corrected chi connectivity index (χ4v) is 16.0. The molecule has 0 spiro atoms. The molecule has 0 saturated heterocycles. The number of alkyl halides is 6. The molecule has 7 aliphatic rings. The van der Waals surface area contributed by atoms with E-state index >= 15 is 0 Å². The zero-order valence-corrected chi connectivity index (χ0v) is 70.7. The van der Waals surface area contributed by atoms with E-state index in [-0.39, 0.29) is 113 Å². The first-order chi connectivity index (χ1) is 58.9. The van der Waals surface area contributed by atoms with Gasteiger partial charge < -0.3 is 72.4 Å². The van der Waals surface area contributed by atoms with Gasteiger partial charge >= 0.3 is 6.18 Å². The van der Waals surface area contributed by atoms with Gasteiger partial charge in [0.15, 0.2) is 6.61 Å². The molecule has 8 atom stereocenters. The third-order valence-corrected chi connectivity index (χ3v) is 23.3. The molecular formula is C88H107F6N23O7. The molecule has 12 N–H and O–H groups in total. The van der Waals surface area contributed by atoms with Crippen LogP contribution in [0.1, 0.15) is 220 Å². The fourth-order valence-electron chi connectivity index (χ4n) is 16.0. The number of ether oxygens (including phenoxy) is 2. The van der Waals surface area contributed by atoms with Gasteiger partial charge in [0, 0.05) is 98.8 Å². The summed E-state index contributed by atoms with van der Waals surface area (Å²) in [5.74, 6) is 3.56. The van der Waals surface area contributed by atoms with Gasteiger partial charge in [-0.05, 0) is 157 Å². The number of hydrogen-bond acceptors (Lipinski definition) is 30. The average Bonchev–Trinajstić information content (AvgIpc) is 1.18. The van der Waals surface area contributed by atoms with E-state index in [4.69, 9.17) is 15.9 Å². The maximum absolute atomic E-state index is 13.8. The van der Waals surface area contributed by atoms with E-state index in [9.17, 15) is 67.3 Å². The number of pyridine rings is 2. The van der Waals surface area contributed by atoms with Gasteiger partial charge in [0.1, 0.15) is 88.2 Å². The summed E-state index contributed by atoms with van der Waals surface area (Å²) in [5.41, 5.74) is 1.41. The number of aliphatic hydroxyl groups is 4. The van der Waals surface area contributed by atoms with Crippen molar-refractivity contribution in [1.82, 2.24) is 59.8 Å². The van der Waals surface area contributed by atoms with Gasteiger partial charge in [-0.3, -0.25) is 9.78 Å². The third-order valence-electron chi connectivity index (χ3n) is 23.3. The van der Waals surface area contributed by atoms with Crippen LogP contribution in [-0.4, -0.2) is 165 Å². The minimum atomic E-state index is -4.56. The van der Waals surface area contributed by atoms with Crippen LogP contribution in [0.25, 0.3) is 0 Å². The Kier molecular flexibility index (Phi) is 30.3. The van der Waals surface area contributed by atoms with Crippen molar-refractivity contribution in [1.29, 1.82) is 15.8 Å². The second-order valence-electron chi connectivity index (χ2n) is 34.8. The first-order valence-electron chi connectivity index (χ1n) is 41.5. The van der Waals surface area contributed by atoms with Crippen LogP contribution in [0.15, 0.2) is 98.2 Å². The Morgan fingerprint density at radius 2 is 1.04 bits per heavy atom. The highest BCUT2D eigenvalue weighted by Gasteiger charge is 2.48. The lowest BCUT2D eigenvalue weighted by atomic mass is 9.63. The number of carbonyl (C=O) groups is 1. The van der Waals surface area contributed by atoms with Gasteiger partial charge in [-0.2, -0.15) is 48.9 Å². The van der Waals surface area contributed by atoms with Crippen LogP contribution >= 0.6 is 0 Å². The Morgan fingerprint density at radius 1 is 0.556 bits per heavy atom. The minimum Gasteiger partial charge on any atom is -0.474 e. The van der Waals surface area contributed by atoms with Crippen LogP contribution in [0.4, 0.5) is 73.4 Å². The molecule has 7 heterocycles. The smallest absolute Gasteiger partial charge is 0.433 e. The lowest BCUT2D eigenvalue weighted by molar-refractivity contribution is -0.141. The van der Waals surface area contributed by atoms with Crippen molar-refractivity contribution in [3.05, 3.63) is 154 Å². The molecule has 15 rings (SSSR count). The molecule has 0 amide bonds. The molecule has 30 nitrogen and oxygen atoms in total. The number of anilines is 8. The molecule has 2 bridgehead atoms. The van der Waals surface area contributed by atoms with E-state index in [0.717, 1.165) is 94.9 Å². The molecular weight excluding hydrogens is 1610 g/mol. The SMILES string of the molecule is C#Cc1cnc(NCCC2C(=O)Cc3ccccc32)nc1N[C@@H]1CC[C@@H](O)C(C)(C)C1.CC(C)(F)COc1ncncc1CNc1ncc(C#N)c(NC23CCC(O)(CC2)CC3)n1.CC1(C)C[C@H](Nc2nc(NCc3cccnc3C(F)(F)F)ncc2C#N)CC[C@H]1O.C[C@@H]1CC[C@@H](Nc2nc(NCc3cccnc3OCC(C)(F)F)ncc2C#N)C[C@H]1O. The first kappa shape index (κ1) is 92.8. The average molecular weight is 1710 g/mol. The summed E-state index contributed by atoms with van der Waals surface area (Å²) in [5, 5.41) is 94.8. The van der Waals surface area contributed by atoms with Gasteiger partial charge in [0.25, 0.3) is 5.92 Å².